The van der Waals surface area contributed by atoms with E-state index in [2.05, 4.69) is 5.32 Å². The summed E-state index contributed by atoms with van der Waals surface area (Å²) in [7, 11) is -1.36. The van der Waals surface area contributed by atoms with Crippen molar-refractivity contribution in [2.75, 3.05) is 25.1 Å². The molecule has 9 nitrogen and oxygen atoms in total. The zero-order valence-electron chi connectivity index (χ0n) is 24.5. The molecule has 2 amide bonds. The highest BCUT2D eigenvalue weighted by Gasteiger charge is 2.34. The average molecular weight is 582 g/mol. The molecule has 0 saturated carbocycles. The number of sulfonamides is 1. The van der Waals surface area contributed by atoms with Crippen molar-refractivity contribution < 1.29 is 27.5 Å². The van der Waals surface area contributed by atoms with Crippen molar-refractivity contribution in [1.29, 1.82) is 0 Å². The zero-order valence-corrected chi connectivity index (χ0v) is 25.3. The number of ether oxygens (including phenoxy) is 2. The molecule has 3 rings (SSSR count). The highest BCUT2D eigenvalue weighted by molar-refractivity contribution is 7.92. The first-order valence-electron chi connectivity index (χ1n) is 13.5. The van der Waals surface area contributed by atoms with E-state index in [9.17, 15) is 18.0 Å². The minimum absolute atomic E-state index is 0.0669. The van der Waals surface area contributed by atoms with Crippen LogP contribution in [0.3, 0.4) is 0 Å². The average Bonchev–Trinajstić information content (AvgIpc) is 2.95. The third-order valence-corrected chi connectivity index (χ3v) is 8.33. The van der Waals surface area contributed by atoms with Crippen LogP contribution in [0.15, 0.2) is 77.7 Å². The monoisotopic (exact) mass is 581 g/mol. The fourth-order valence-corrected chi connectivity index (χ4v) is 5.85. The van der Waals surface area contributed by atoms with Gasteiger partial charge in [0.05, 0.1) is 24.8 Å². The van der Waals surface area contributed by atoms with Crippen LogP contribution in [-0.2, 0) is 26.2 Å². The van der Waals surface area contributed by atoms with Crippen LogP contribution < -0.4 is 19.1 Å². The summed E-state index contributed by atoms with van der Waals surface area (Å²) in [5.41, 5.74) is 2.07. The summed E-state index contributed by atoms with van der Waals surface area (Å²) in [5, 5.41) is 2.90. The van der Waals surface area contributed by atoms with Gasteiger partial charge in [0.25, 0.3) is 10.0 Å². The second-order valence-corrected chi connectivity index (χ2v) is 11.8. The van der Waals surface area contributed by atoms with Crippen LogP contribution in [-0.4, -0.2) is 58.0 Å². The Morgan fingerprint density at radius 3 is 2.10 bits per heavy atom. The van der Waals surface area contributed by atoms with E-state index in [-0.39, 0.29) is 29.1 Å². The van der Waals surface area contributed by atoms with Crippen LogP contribution in [0.25, 0.3) is 0 Å². The molecule has 0 bridgehead atoms. The number of carbonyl (C=O) groups excluding carboxylic acids is 2. The summed E-state index contributed by atoms with van der Waals surface area (Å²) < 4.78 is 39.9. The van der Waals surface area contributed by atoms with Gasteiger partial charge in [-0.25, -0.2) is 8.42 Å². The third kappa shape index (κ3) is 7.79. The Kier molecular flexibility index (Phi) is 10.8. The van der Waals surface area contributed by atoms with Crippen molar-refractivity contribution in [3.8, 4) is 11.5 Å². The lowest BCUT2D eigenvalue weighted by molar-refractivity contribution is -0.140. The van der Waals surface area contributed by atoms with E-state index >= 15 is 0 Å². The Bertz CT molecular complexity index is 1430. The summed E-state index contributed by atoms with van der Waals surface area (Å²) >= 11 is 0. The number of hydrogen-bond donors (Lipinski definition) is 1. The van der Waals surface area contributed by atoms with Crippen LogP contribution in [0.1, 0.15) is 38.3 Å². The number of carbonyl (C=O) groups is 2. The summed E-state index contributed by atoms with van der Waals surface area (Å²) in [6.45, 7) is 7.04. The summed E-state index contributed by atoms with van der Waals surface area (Å²) in [6.07, 6.45) is 0.351. The number of benzene rings is 3. The van der Waals surface area contributed by atoms with Gasteiger partial charge in [-0.05, 0) is 57.0 Å². The molecule has 10 heteroatoms. The molecule has 1 atom stereocenters. The van der Waals surface area contributed by atoms with Crippen molar-refractivity contribution in [2.45, 2.75) is 57.6 Å². The number of methoxy groups -OCH3 is 2. The Morgan fingerprint density at radius 1 is 0.902 bits per heavy atom. The largest absolute Gasteiger partial charge is 0.493 e. The SMILES string of the molecule is CCC(C(=O)NC(C)C)N(Cc1ccccc1)C(=O)CN(c1ccc(C)cc1)S(=O)(=O)c1ccc(OC)c(OC)c1. The third-order valence-electron chi connectivity index (χ3n) is 6.56. The molecular formula is C31H39N3O6S. The van der Waals surface area contributed by atoms with Gasteiger partial charge in [-0.15, -0.1) is 0 Å². The molecule has 3 aromatic carbocycles. The van der Waals surface area contributed by atoms with Crippen LogP contribution in [0.2, 0.25) is 0 Å². The van der Waals surface area contributed by atoms with Gasteiger partial charge in [0.15, 0.2) is 11.5 Å². The van der Waals surface area contributed by atoms with Crippen molar-refractivity contribution in [3.05, 3.63) is 83.9 Å². The number of nitrogens with zero attached hydrogens (tertiary/aromatic N) is 2. The second-order valence-electron chi connectivity index (χ2n) is 9.96. The van der Waals surface area contributed by atoms with Crippen LogP contribution in [0, 0.1) is 6.92 Å². The van der Waals surface area contributed by atoms with Crippen molar-refractivity contribution in [3.63, 3.8) is 0 Å². The maximum absolute atomic E-state index is 14.1. The van der Waals surface area contributed by atoms with E-state index in [1.54, 1.807) is 24.3 Å². The fourth-order valence-electron chi connectivity index (χ4n) is 4.42. The summed E-state index contributed by atoms with van der Waals surface area (Å²) in [6, 6.07) is 19.6. The predicted molar refractivity (Wildman–Crippen MR) is 160 cm³/mol. The minimum atomic E-state index is -4.25. The van der Waals surface area contributed by atoms with Gasteiger partial charge >= 0.3 is 0 Å². The number of anilines is 1. The molecule has 0 aromatic heterocycles. The first kappa shape index (κ1) is 31.5. The van der Waals surface area contributed by atoms with Crippen LogP contribution in [0.5, 0.6) is 11.5 Å². The lowest BCUT2D eigenvalue weighted by atomic mass is 10.1. The molecule has 0 aliphatic rings. The van der Waals surface area contributed by atoms with Gasteiger partial charge in [0.2, 0.25) is 11.8 Å². The normalized spacial score (nSPS) is 12.0. The Labute approximate surface area is 243 Å². The minimum Gasteiger partial charge on any atom is -0.493 e. The van der Waals surface area contributed by atoms with Gasteiger partial charge in [0.1, 0.15) is 12.6 Å². The molecule has 3 aromatic rings. The molecule has 0 fully saturated rings. The number of rotatable bonds is 13. The molecule has 0 aliphatic carbocycles. The maximum atomic E-state index is 14.1. The van der Waals surface area contributed by atoms with Gasteiger partial charge in [-0.2, -0.15) is 0 Å². The van der Waals surface area contributed by atoms with Gasteiger partial charge < -0.3 is 19.7 Å². The molecule has 0 saturated heterocycles. The van der Waals surface area contributed by atoms with Crippen LogP contribution >= 0.6 is 0 Å². The topological polar surface area (TPSA) is 105 Å². The molecule has 220 valence electrons. The molecule has 0 radical (unpaired) electrons. The van der Waals surface area contributed by atoms with E-state index in [1.165, 1.54) is 37.3 Å². The smallest absolute Gasteiger partial charge is 0.264 e. The lowest BCUT2D eigenvalue weighted by Crippen LogP contribution is -2.53. The van der Waals surface area contributed by atoms with Gasteiger partial charge in [-0.1, -0.05) is 55.0 Å². The number of aryl methyl sites for hydroxylation is 1. The standard InChI is InChI=1S/C31H39N3O6S/c1-7-27(31(36)32-22(2)3)33(20-24-11-9-8-10-12-24)30(35)21-34(25-15-13-23(4)14-16-25)41(37,38)26-17-18-28(39-5)29(19-26)40-6/h8-19,22,27H,7,20-21H2,1-6H3,(H,32,36). The van der Waals surface area contributed by atoms with E-state index in [0.29, 0.717) is 17.9 Å². The zero-order chi connectivity index (χ0) is 30.2. The fraction of sp³-hybridized carbons (Fsp3) is 0.355. The van der Waals surface area contributed by atoms with E-state index < -0.39 is 28.5 Å². The summed E-state index contributed by atoms with van der Waals surface area (Å²) in [5.74, 6) is -0.188. The second kappa shape index (κ2) is 14.0. The molecule has 1 unspecified atom stereocenters. The van der Waals surface area contributed by atoms with Crippen LogP contribution in [0.4, 0.5) is 5.69 Å². The first-order valence-corrected chi connectivity index (χ1v) is 14.9. The Balaban J connectivity index is 2.08. The molecule has 41 heavy (non-hydrogen) atoms. The Morgan fingerprint density at radius 2 is 1.54 bits per heavy atom. The number of hydrogen-bond acceptors (Lipinski definition) is 6. The molecule has 0 heterocycles. The van der Waals surface area contributed by atoms with Crippen molar-refractivity contribution in [1.82, 2.24) is 10.2 Å². The van der Waals surface area contributed by atoms with E-state index in [4.69, 9.17) is 9.47 Å². The van der Waals surface area contributed by atoms with E-state index in [1.807, 2.05) is 58.0 Å². The van der Waals surface area contributed by atoms with Crippen molar-refractivity contribution >= 4 is 27.5 Å². The number of nitrogens with one attached hydrogen (secondary N) is 1. The van der Waals surface area contributed by atoms with Gasteiger partial charge in [0, 0.05) is 18.7 Å². The highest BCUT2D eigenvalue weighted by atomic mass is 32.2. The first-order chi connectivity index (χ1) is 19.5. The molecular weight excluding hydrogens is 542 g/mol. The Hall–Kier alpha value is -4.05. The van der Waals surface area contributed by atoms with Gasteiger partial charge in [-0.3, -0.25) is 13.9 Å². The van der Waals surface area contributed by atoms with E-state index in [0.717, 1.165) is 15.4 Å². The van der Waals surface area contributed by atoms with Crippen molar-refractivity contribution in [2.24, 2.45) is 0 Å². The number of amides is 2. The molecule has 0 spiro atoms. The predicted octanol–water partition coefficient (Wildman–Crippen LogP) is 4.54. The highest BCUT2D eigenvalue weighted by Crippen LogP contribution is 2.32. The summed E-state index contributed by atoms with van der Waals surface area (Å²) in [4.78, 5) is 28.7. The molecule has 1 N–H and O–H groups in total. The molecule has 0 aliphatic heterocycles. The quantitative estimate of drug-likeness (QED) is 0.318. The lowest BCUT2D eigenvalue weighted by Gasteiger charge is -2.33. The maximum Gasteiger partial charge on any atom is 0.264 e.